The summed E-state index contributed by atoms with van der Waals surface area (Å²) in [6, 6.07) is 21.5. The molecule has 0 fully saturated rings. The number of hydrazone groups is 1. The molecule has 3 aromatic carbocycles. The van der Waals surface area contributed by atoms with Gasteiger partial charge >= 0.3 is 0 Å². The highest BCUT2D eigenvalue weighted by Crippen LogP contribution is 2.14. The Bertz CT molecular complexity index is 1090. The minimum Gasteiger partial charge on any atom is -0.494 e. The van der Waals surface area contributed by atoms with Gasteiger partial charge in [0.05, 0.1) is 12.8 Å². The Morgan fingerprint density at radius 1 is 0.909 bits per heavy atom. The quantitative estimate of drug-likeness (QED) is 0.244. The standard InChI is InChI=1S/C27H29N3O3/c1-3-4-5-17-33-25-15-11-21(12-16-25)19-28-30-27(32)23-7-6-8-24(18-23)29-26(31)22-13-9-20(2)10-14-22/h6-16,18-19H,3-5,17H2,1-2H3,(H,29,31)(H,30,32). The first-order valence-electron chi connectivity index (χ1n) is 11.1. The van der Waals surface area contributed by atoms with Crippen LogP contribution in [-0.4, -0.2) is 24.6 Å². The summed E-state index contributed by atoms with van der Waals surface area (Å²) in [6.07, 6.45) is 4.94. The lowest BCUT2D eigenvalue weighted by molar-refractivity contribution is 0.0953. The van der Waals surface area contributed by atoms with Gasteiger partial charge in [-0.05, 0) is 73.5 Å². The number of hydrogen-bond donors (Lipinski definition) is 2. The molecule has 0 saturated heterocycles. The molecule has 3 rings (SSSR count). The molecule has 0 atom stereocenters. The molecule has 0 spiro atoms. The van der Waals surface area contributed by atoms with Gasteiger partial charge in [-0.2, -0.15) is 5.10 Å². The molecule has 0 aliphatic carbocycles. The van der Waals surface area contributed by atoms with E-state index in [1.807, 2.05) is 43.3 Å². The summed E-state index contributed by atoms with van der Waals surface area (Å²) in [5.74, 6) is 0.216. The lowest BCUT2D eigenvalue weighted by atomic mass is 10.1. The summed E-state index contributed by atoms with van der Waals surface area (Å²) in [6.45, 7) is 4.83. The van der Waals surface area contributed by atoms with Crippen molar-refractivity contribution in [1.29, 1.82) is 0 Å². The number of rotatable bonds is 10. The topological polar surface area (TPSA) is 79.8 Å². The van der Waals surface area contributed by atoms with Gasteiger partial charge in [0.2, 0.25) is 0 Å². The number of unbranched alkanes of at least 4 members (excludes halogenated alkanes) is 2. The second-order valence-electron chi connectivity index (χ2n) is 7.72. The van der Waals surface area contributed by atoms with Gasteiger partial charge in [0.25, 0.3) is 11.8 Å². The van der Waals surface area contributed by atoms with Gasteiger partial charge in [-0.3, -0.25) is 9.59 Å². The van der Waals surface area contributed by atoms with Gasteiger partial charge in [0.1, 0.15) is 5.75 Å². The van der Waals surface area contributed by atoms with Crippen LogP contribution in [0.3, 0.4) is 0 Å². The zero-order valence-electron chi connectivity index (χ0n) is 19.0. The van der Waals surface area contributed by atoms with E-state index in [9.17, 15) is 9.59 Å². The maximum Gasteiger partial charge on any atom is 0.271 e. The Kier molecular flexibility index (Phi) is 8.77. The molecule has 33 heavy (non-hydrogen) atoms. The second-order valence-corrected chi connectivity index (χ2v) is 7.72. The van der Waals surface area contributed by atoms with E-state index in [4.69, 9.17) is 4.74 Å². The Labute approximate surface area is 194 Å². The fourth-order valence-electron chi connectivity index (χ4n) is 3.07. The molecule has 3 aromatic rings. The number of aryl methyl sites for hydroxylation is 1. The normalized spacial score (nSPS) is 10.7. The zero-order chi connectivity index (χ0) is 23.5. The molecular weight excluding hydrogens is 414 g/mol. The van der Waals surface area contributed by atoms with E-state index in [1.165, 1.54) is 0 Å². The van der Waals surface area contributed by atoms with Crippen LogP contribution in [0.1, 0.15) is 58.0 Å². The molecule has 2 N–H and O–H groups in total. The molecule has 0 aliphatic rings. The minimum atomic E-state index is -0.367. The van der Waals surface area contributed by atoms with Crippen molar-refractivity contribution in [2.24, 2.45) is 5.10 Å². The maximum absolute atomic E-state index is 12.4. The summed E-state index contributed by atoms with van der Waals surface area (Å²) in [5.41, 5.74) is 5.92. The maximum atomic E-state index is 12.4. The smallest absolute Gasteiger partial charge is 0.271 e. The Hall–Kier alpha value is -3.93. The summed E-state index contributed by atoms with van der Waals surface area (Å²) in [4.78, 5) is 24.9. The van der Waals surface area contributed by atoms with Gasteiger partial charge < -0.3 is 10.1 Å². The average Bonchev–Trinajstić information content (AvgIpc) is 2.83. The van der Waals surface area contributed by atoms with Crippen LogP contribution in [0.2, 0.25) is 0 Å². The molecule has 6 nitrogen and oxygen atoms in total. The van der Waals surface area contributed by atoms with E-state index in [-0.39, 0.29) is 11.8 Å². The van der Waals surface area contributed by atoms with Crippen LogP contribution in [0.25, 0.3) is 0 Å². The van der Waals surface area contributed by atoms with E-state index >= 15 is 0 Å². The molecule has 0 bridgehead atoms. The van der Waals surface area contributed by atoms with Crippen molar-refractivity contribution in [1.82, 2.24) is 5.43 Å². The molecular formula is C27H29N3O3. The van der Waals surface area contributed by atoms with Crippen molar-refractivity contribution < 1.29 is 14.3 Å². The van der Waals surface area contributed by atoms with Crippen molar-refractivity contribution in [2.45, 2.75) is 33.1 Å². The fraction of sp³-hybridized carbons (Fsp3) is 0.222. The molecule has 0 aromatic heterocycles. The number of benzene rings is 3. The van der Waals surface area contributed by atoms with Crippen molar-refractivity contribution in [2.75, 3.05) is 11.9 Å². The first kappa shape index (κ1) is 23.7. The highest BCUT2D eigenvalue weighted by atomic mass is 16.5. The minimum absolute atomic E-state index is 0.233. The predicted molar refractivity (Wildman–Crippen MR) is 132 cm³/mol. The van der Waals surface area contributed by atoms with Crippen LogP contribution in [0.4, 0.5) is 5.69 Å². The van der Waals surface area contributed by atoms with Crippen molar-refractivity contribution in [3.63, 3.8) is 0 Å². The second kappa shape index (κ2) is 12.2. The van der Waals surface area contributed by atoms with E-state index in [0.29, 0.717) is 23.4 Å². The molecule has 0 radical (unpaired) electrons. The van der Waals surface area contributed by atoms with Crippen LogP contribution >= 0.6 is 0 Å². The summed E-state index contributed by atoms with van der Waals surface area (Å²) in [5, 5.41) is 6.84. The third-order valence-electron chi connectivity index (χ3n) is 4.97. The van der Waals surface area contributed by atoms with Crippen molar-refractivity contribution in [3.05, 3.63) is 95.1 Å². The van der Waals surface area contributed by atoms with Crippen molar-refractivity contribution in [3.8, 4) is 5.75 Å². The SMILES string of the molecule is CCCCCOc1ccc(C=NNC(=O)c2cccc(NC(=O)c3ccc(C)cc3)c2)cc1. The molecule has 170 valence electrons. The number of ether oxygens (including phenoxy) is 1. The monoisotopic (exact) mass is 443 g/mol. The summed E-state index contributed by atoms with van der Waals surface area (Å²) < 4.78 is 5.69. The molecule has 2 amide bonds. The van der Waals surface area contributed by atoms with E-state index in [1.54, 1.807) is 42.6 Å². The zero-order valence-corrected chi connectivity index (χ0v) is 19.0. The van der Waals surface area contributed by atoms with E-state index < -0.39 is 0 Å². The van der Waals surface area contributed by atoms with Gasteiger partial charge in [-0.25, -0.2) is 5.43 Å². The first-order valence-corrected chi connectivity index (χ1v) is 11.1. The van der Waals surface area contributed by atoms with Crippen LogP contribution < -0.4 is 15.5 Å². The van der Waals surface area contributed by atoms with E-state index in [2.05, 4.69) is 22.8 Å². The number of carbonyl (C=O) groups excluding carboxylic acids is 2. The third-order valence-corrected chi connectivity index (χ3v) is 4.97. The Balaban J connectivity index is 1.52. The molecule has 0 heterocycles. The molecule has 0 aliphatic heterocycles. The highest BCUT2D eigenvalue weighted by molar-refractivity contribution is 6.05. The number of hydrogen-bond acceptors (Lipinski definition) is 4. The van der Waals surface area contributed by atoms with Crippen LogP contribution in [0.5, 0.6) is 5.75 Å². The number of carbonyl (C=O) groups is 2. The molecule has 0 saturated carbocycles. The van der Waals surface area contributed by atoms with Gasteiger partial charge in [-0.1, -0.05) is 43.5 Å². The lowest BCUT2D eigenvalue weighted by Gasteiger charge is -2.07. The number of amides is 2. The highest BCUT2D eigenvalue weighted by Gasteiger charge is 2.09. The van der Waals surface area contributed by atoms with E-state index in [0.717, 1.165) is 36.1 Å². The van der Waals surface area contributed by atoms with Crippen LogP contribution in [0, 0.1) is 6.92 Å². The molecule has 6 heteroatoms. The van der Waals surface area contributed by atoms with Crippen LogP contribution in [0.15, 0.2) is 77.9 Å². The molecule has 0 unspecified atom stereocenters. The van der Waals surface area contributed by atoms with Gasteiger partial charge in [0.15, 0.2) is 0 Å². The van der Waals surface area contributed by atoms with Crippen molar-refractivity contribution >= 4 is 23.7 Å². The largest absolute Gasteiger partial charge is 0.494 e. The fourth-order valence-corrected chi connectivity index (χ4v) is 3.07. The average molecular weight is 444 g/mol. The van der Waals surface area contributed by atoms with Crippen LogP contribution in [-0.2, 0) is 0 Å². The summed E-state index contributed by atoms with van der Waals surface area (Å²) >= 11 is 0. The number of anilines is 1. The first-order chi connectivity index (χ1) is 16.0. The number of nitrogens with one attached hydrogen (secondary N) is 2. The summed E-state index contributed by atoms with van der Waals surface area (Å²) in [7, 11) is 0. The van der Waals surface area contributed by atoms with Gasteiger partial charge in [0, 0.05) is 16.8 Å². The number of nitrogens with zero attached hydrogens (tertiary/aromatic N) is 1. The van der Waals surface area contributed by atoms with Gasteiger partial charge in [-0.15, -0.1) is 0 Å². The predicted octanol–water partition coefficient (Wildman–Crippen LogP) is 5.58. The lowest BCUT2D eigenvalue weighted by Crippen LogP contribution is -2.18. The third kappa shape index (κ3) is 7.61. The Morgan fingerprint density at radius 3 is 2.39 bits per heavy atom. The Morgan fingerprint density at radius 2 is 1.67 bits per heavy atom.